The summed E-state index contributed by atoms with van der Waals surface area (Å²) in [6.07, 6.45) is 0. The molecule has 0 atom stereocenters. The molecule has 19 heavy (non-hydrogen) atoms. The largest absolute Gasteiger partial charge is 0.454 e. The van der Waals surface area contributed by atoms with Gasteiger partial charge < -0.3 is 16.2 Å². The van der Waals surface area contributed by atoms with E-state index in [0.717, 1.165) is 5.56 Å². The number of benzene rings is 2. The highest BCUT2D eigenvalue weighted by molar-refractivity contribution is 6.32. The summed E-state index contributed by atoms with van der Waals surface area (Å²) in [5.41, 5.74) is 12.7. The third-order valence-corrected chi connectivity index (χ3v) is 2.90. The average molecular weight is 277 g/mol. The highest BCUT2D eigenvalue weighted by Gasteiger charge is 2.08. The Kier molecular flexibility index (Phi) is 3.62. The van der Waals surface area contributed by atoms with E-state index in [1.54, 1.807) is 24.3 Å². The molecule has 0 radical (unpaired) electrons. The molecule has 0 saturated heterocycles. The van der Waals surface area contributed by atoms with E-state index in [0.29, 0.717) is 27.8 Å². The molecule has 2 rings (SSSR count). The summed E-state index contributed by atoms with van der Waals surface area (Å²) in [5.74, 6) is 0.396. The fourth-order valence-electron chi connectivity index (χ4n) is 1.60. The molecule has 0 heterocycles. The summed E-state index contributed by atoms with van der Waals surface area (Å²) >= 11 is 6.07. The van der Waals surface area contributed by atoms with Gasteiger partial charge in [-0.05, 0) is 42.8 Å². The van der Waals surface area contributed by atoms with Crippen molar-refractivity contribution < 1.29 is 9.53 Å². The van der Waals surface area contributed by atoms with Gasteiger partial charge in [0.1, 0.15) is 11.5 Å². The van der Waals surface area contributed by atoms with Crippen molar-refractivity contribution in [2.24, 2.45) is 5.73 Å². The van der Waals surface area contributed by atoms with E-state index in [-0.39, 0.29) is 0 Å². The first-order valence-corrected chi connectivity index (χ1v) is 5.98. The number of carbonyl (C=O) groups excluding carboxylic acids is 1. The van der Waals surface area contributed by atoms with Crippen molar-refractivity contribution >= 4 is 23.2 Å². The second kappa shape index (κ2) is 5.20. The Labute approximate surface area is 115 Å². The van der Waals surface area contributed by atoms with Crippen LogP contribution in [0.25, 0.3) is 0 Å². The number of nitrogen functional groups attached to an aromatic ring is 1. The van der Waals surface area contributed by atoms with Crippen LogP contribution in [0, 0.1) is 6.92 Å². The minimum Gasteiger partial charge on any atom is -0.454 e. The van der Waals surface area contributed by atoms with Crippen molar-refractivity contribution in [1.82, 2.24) is 0 Å². The number of rotatable bonds is 3. The fraction of sp³-hybridized carbons (Fsp3) is 0.0714. The average Bonchev–Trinajstić information content (AvgIpc) is 2.34. The number of aryl methyl sites for hydroxylation is 1. The lowest BCUT2D eigenvalue weighted by Gasteiger charge is -2.11. The first-order chi connectivity index (χ1) is 8.97. The molecule has 0 saturated carbocycles. The Morgan fingerprint density at radius 1 is 1.16 bits per heavy atom. The van der Waals surface area contributed by atoms with Crippen molar-refractivity contribution in [3.63, 3.8) is 0 Å². The molecular weight excluding hydrogens is 264 g/mol. The number of nitrogens with two attached hydrogens (primary N) is 2. The number of amides is 1. The third-order valence-electron chi connectivity index (χ3n) is 2.60. The Balaban J connectivity index is 2.31. The van der Waals surface area contributed by atoms with E-state index in [1.807, 2.05) is 13.0 Å². The topological polar surface area (TPSA) is 78.3 Å². The van der Waals surface area contributed by atoms with Gasteiger partial charge in [-0.25, -0.2) is 0 Å². The van der Waals surface area contributed by atoms with Crippen LogP contribution in [0.2, 0.25) is 5.02 Å². The van der Waals surface area contributed by atoms with Crippen LogP contribution < -0.4 is 16.2 Å². The van der Waals surface area contributed by atoms with Crippen molar-refractivity contribution in [3.05, 3.63) is 52.5 Å². The molecule has 5 heteroatoms. The first kappa shape index (κ1) is 13.2. The molecule has 0 fully saturated rings. The molecule has 1 amide bonds. The maximum atomic E-state index is 11.0. The van der Waals surface area contributed by atoms with Crippen molar-refractivity contribution in [3.8, 4) is 11.5 Å². The smallest absolute Gasteiger partial charge is 0.248 e. The lowest BCUT2D eigenvalue weighted by molar-refractivity contribution is 0.100. The molecule has 4 nitrogen and oxygen atoms in total. The lowest BCUT2D eigenvalue weighted by Crippen LogP contribution is -2.11. The zero-order chi connectivity index (χ0) is 14.0. The highest BCUT2D eigenvalue weighted by atomic mass is 35.5. The highest BCUT2D eigenvalue weighted by Crippen LogP contribution is 2.33. The zero-order valence-corrected chi connectivity index (χ0v) is 11.1. The normalized spacial score (nSPS) is 10.2. The molecule has 98 valence electrons. The van der Waals surface area contributed by atoms with Gasteiger partial charge in [-0.3, -0.25) is 4.79 Å². The summed E-state index contributed by atoms with van der Waals surface area (Å²) in [6.45, 7) is 1.94. The number of hydrogen-bond donors (Lipinski definition) is 2. The molecule has 2 aromatic carbocycles. The Morgan fingerprint density at radius 3 is 2.42 bits per heavy atom. The van der Waals surface area contributed by atoms with Crippen LogP contribution in [0.3, 0.4) is 0 Å². The summed E-state index contributed by atoms with van der Waals surface area (Å²) < 4.78 is 5.62. The van der Waals surface area contributed by atoms with Crippen molar-refractivity contribution in [1.29, 1.82) is 0 Å². The lowest BCUT2D eigenvalue weighted by atomic mass is 10.2. The minimum atomic E-state index is -0.536. The monoisotopic (exact) mass is 276 g/mol. The zero-order valence-electron chi connectivity index (χ0n) is 10.3. The number of primary amides is 1. The van der Waals surface area contributed by atoms with Gasteiger partial charge in [0.05, 0.1) is 10.7 Å². The van der Waals surface area contributed by atoms with E-state index in [1.165, 1.54) is 6.07 Å². The van der Waals surface area contributed by atoms with Crippen LogP contribution in [0.5, 0.6) is 11.5 Å². The number of hydrogen-bond acceptors (Lipinski definition) is 3. The van der Waals surface area contributed by atoms with E-state index < -0.39 is 5.91 Å². The van der Waals surface area contributed by atoms with Crippen LogP contribution in [0.1, 0.15) is 15.9 Å². The van der Waals surface area contributed by atoms with Gasteiger partial charge in [0.25, 0.3) is 0 Å². The fourth-order valence-corrected chi connectivity index (χ4v) is 1.88. The van der Waals surface area contributed by atoms with Gasteiger partial charge in [-0.2, -0.15) is 0 Å². The first-order valence-electron chi connectivity index (χ1n) is 5.60. The second-order valence-electron chi connectivity index (χ2n) is 4.15. The Bertz CT molecular complexity index is 641. The summed E-state index contributed by atoms with van der Waals surface area (Å²) in [5, 5.41) is 0.498. The Hall–Kier alpha value is -2.20. The number of carbonyl (C=O) groups is 1. The standard InChI is InChI=1S/C14H13ClN2O2/c1-8-2-4-12(10(15)6-8)19-13-5-3-9(14(17)18)7-11(13)16/h2-7H,16H2,1H3,(H2,17,18). The minimum absolute atomic E-state index is 0.327. The molecule has 2 aromatic rings. The molecule has 0 unspecified atom stereocenters. The maximum absolute atomic E-state index is 11.0. The quantitative estimate of drug-likeness (QED) is 0.846. The van der Waals surface area contributed by atoms with Crippen LogP contribution in [-0.4, -0.2) is 5.91 Å². The van der Waals surface area contributed by atoms with Gasteiger partial charge >= 0.3 is 0 Å². The number of ether oxygens (including phenoxy) is 1. The maximum Gasteiger partial charge on any atom is 0.248 e. The molecule has 0 aliphatic heterocycles. The molecule has 0 spiro atoms. The predicted molar refractivity (Wildman–Crippen MR) is 75.6 cm³/mol. The summed E-state index contributed by atoms with van der Waals surface area (Å²) in [7, 11) is 0. The molecule has 0 aliphatic carbocycles. The van der Waals surface area contributed by atoms with Crippen LogP contribution in [0.15, 0.2) is 36.4 Å². The van der Waals surface area contributed by atoms with Gasteiger partial charge in [0.15, 0.2) is 0 Å². The van der Waals surface area contributed by atoms with E-state index in [4.69, 9.17) is 27.8 Å². The summed E-state index contributed by atoms with van der Waals surface area (Å²) in [6, 6.07) is 10.1. The van der Waals surface area contributed by atoms with Gasteiger partial charge in [0, 0.05) is 5.56 Å². The molecule has 0 aliphatic rings. The number of halogens is 1. The van der Waals surface area contributed by atoms with Gasteiger partial charge in [-0.15, -0.1) is 0 Å². The van der Waals surface area contributed by atoms with E-state index in [9.17, 15) is 4.79 Å². The van der Waals surface area contributed by atoms with Gasteiger partial charge in [-0.1, -0.05) is 17.7 Å². The van der Waals surface area contributed by atoms with Crippen molar-refractivity contribution in [2.45, 2.75) is 6.92 Å². The van der Waals surface area contributed by atoms with Crippen LogP contribution in [-0.2, 0) is 0 Å². The third kappa shape index (κ3) is 2.98. The van der Waals surface area contributed by atoms with E-state index >= 15 is 0 Å². The van der Waals surface area contributed by atoms with Crippen molar-refractivity contribution in [2.75, 3.05) is 5.73 Å². The van der Waals surface area contributed by atoms with Crippen LogP contribution >= 0.6 is 11.6 Å². The van der Waals surface area contributed by atoms with Gasteiger partial charge in [0.2, 0.25) is 5.91 Å². The summed E-state index contributed by atoms with van der Waals surface area (Å²) in [4.78, 5) is 11.0. The molecule has 0 aromatic heterocycles. The molecular formula is C14H13ClN2O2. The molecule has 4 N–H and O–H groups in total. The van der Waals surface area contributed by atoms with Crippen LogP contribution in [0.4, 0.5) is 5.69 Å². The Morgan fingerprint density at radius 2 is 1.84 bits per heavy atom. The SMILES string of the molecule is Cc1ccc(Oc2ccc(C(N)=O)cc2N)c(Cl)c1. The molecule has 0 bridgehead atoms. The predicted octanol–water partition coefficient (Wildman–Crippen LogP) is 3.12. The second-order valence-corrected chi connectivity index (χ2v) is 4.56. The number of anilines is 1. The van der Waals surface area contributed by atoms with E-state index in [2.05, 4.69) is 0 Å².